The fourth-order valence-corrected chi connectivity index (χ4v) is 4.59. The first-order chi connectivity index (χ1) is 13.2. The minimum absolute atomic E-state index is 0.209. The molecular formula is C20H20FN3O2S. The highest BCUT2D eigenvalue weighted by molar-refractivity contribution is 7.99. The minimum atomic E-state index is -0.209. The SMILES string of the molecule is COc1cc2ncnc(N3CCSC(c4ccc(F)cc4)C3)c2cc1OC. The predicted molar refractivity (Wildman–Crippen MR) is 106 cm³/mol. The zero-order chi connectivity index (χ0) is 18.8. The molecule has 1 aromatic heterocycles. The Labute approximate surface area is 161 Å². The molecule has 4 rings (SSSR count). The molecule has 1 fully saturated rings. The first-order valence-electron chi connectivity index (χ1n) is 8.68. The van der Waals surface area contributed by atoms with E-state index in [0.717, 1.165) is 41.1 Å². The molecule has 3 aromatic rings. The molecule has 5 nitrogen and oxygen atoms in total. The third kappa shape index (κ3) is 3.51. The summed E-state index contributed by atoms with van der Waals surface area (Å²) in [7, 11) is 3.23. The number of thioether (sulfide) groups is 1. The highest BCUT2D eigenvalue weighted by Gasteiger charge is 2.24. The Morgan fingerprint density at radius 2 is 1.81 bits per heavy atom. The summed E-state index contributed by atoms with van der Waals surface area (Å²) in [6.45, 7) is 1.69. The van der Waals surface area contributed by atoms with Crippen LogP contribution in [0.1, 0.15) is 10.8 Å². The van der Waals surface area contributed by atoms with Crippen LogP contribution < -0.4 is 14.4 Å². The molecule has 7 heteroatoms. The lowest BCUT2D eigenvalue weighted by atomic mass is 10.1. The van der Waals surface area contributed by atoms with Gasteiger partial charge < -0.3 is 14.4 Å². The average molecular weight is 385 g/mol. The Balaban J connectivity index is 1.69. The Morgan fingerprint density at radius 1 is 1.07 bits per heavy atom. The maximum absolute atomic E-state index is 13.2. The van der Waals surface area contributed by atoms with Crippen LogP contribution in [0.4, 0.5) is 10.2 Å². The summed E-state index contributed by atoms with van der Waals surface area (Å²) in [5, 5.41) is 1.20. The molecule has 0 N–H and O–H groups in total. The third-order valence-corrected chi connectivity index (χ3v) is 5.97. The highest BCUT2D eigenvalue weighted by Crippen LogP contribution is 2.38. The second-order valence-corrected chi connectivity index (χ2v) is 7.59. The van der Waals surface area contributed by atoms with Gasteiger partial charge in [0.2, 0.25) is 0 Å². The van der Waals surface area contributed by atoms with E-state index in [4.69, 9.17) is 9.47 Å². The number of methoxy groups -OCH3 is 2. The van der Waals surface area contributed by atoms with Crippen LogP contribution in [0.2, 0.25) is 0 Å². The molecule has 0 amide bonds. The summed E-state index contributed by atoms with van der Waals surface area (Å²) in [5.41, 5.74) is 1.94. The van der Waals surface area contributed by atoms with Crippen LogP contribution in [0.5, 0.6) is 11.5 Å². The van der Waals surface area contributed by atoms with E-state index in [2.05, 4.69) is 14.9 Å². The van der Waals surface area contributed by atoms with Crippen LogP contribution in [0.25, 0.3) is 10.9 Å². The van der Waals surface area contributed by atoms with Gasteiger partial charge in [-0.25, -0.2) is 14.4 Å². The second kappa shape index (κ2) is 7.60. The minimum Gasteiger partial charge on any atom is -0.493 e. The Bertz CT molecular complexity index is 952. The highest BCUT2D eigenvalue weighted by atomic mass is 32.2. The van der Waals surface area contributed by atoms with Crippen molar-refractivity contribution in [2.24, 2.45) is 0 Å². The zero-order valence-electron chi connectivity index (χ0n) is 15.2. The van der Waals surface area contributed by atoms with E-state index >= 15 is 0 Å². The van der Waals surface area contributed by atoms with E-state index in [1.807, 2.05) is 36.0 Å². The monoisotopic (exact) mass is 385 g/mol. The maximum Gasteiger partial charge on any atom is 0.162 e. The fraction of sp³-hybridized carbons (Fsp3) is 0.300. The summed E-state index contributed by atoms with van der Waals surface area (Å²) in [4.78, 5) is 11.2. The predicted octanol–water partition coefficient (Wildman–Crippen LogP) is 4.08. The molecule has 1 saturated heterocycles. The molecule has 2 heterocycles. The molecule has 0 saturated carbocycles. The van der Waals surface area contributed by atoms with Gasteiger partial charge in [0.25, 0.3) is 0 Å². The Kier molecular flexibility index (Phi) is 5.03. The molecule has 0 bridgehead atoms. The fourth-order valence-electron chi connectivity index (χ4n) is 3.34. The van der Waals surface area contributed by atoms with E-state index in [0.29, 0.717) is 11.5 Å². The van der Waals surface area contributed by atoms with E-state index in [1.165, 1.54) is 12.1 Å². The largest absolute Gasteiger partial charge is 0.493 e. The number of benzene rings is 2. The number of halogens is 1. The molecule has 0 aliphatic carbocycles. The van der Waals surface area contributed by atoms with Gasteiger partial charge >= 0.3 is 0 Å². The topological polar surface area (TPSA) is 47.5 Å². The number of fused-ring (bicyclic) bond motifs is 1. The van der Waals surface area contributed by atoms with Gasteiger partial charge in [-0.05, 0) is 23.8 Å². The average Bonchev–Trinajstić information content (AvgIpc) is 2.72. The smallest absolute Gasteiger partial charge is 0.162 e. The molecule has 140 valence electrons. The van der Waals surface area contributed by atoms with Crippen molar-refractivity contribution in [3.05, 3.63) is 54.1 Å². The maximum atomic E-state index is 13.2. The Morgan fingerprint density at radius 3 is 2.56 bits per heavy atom. The van der Waals surface area contributed by atoms with E-state index in [-0.39, 0.29) is 11.1 Å². The third-order valence-electron chi connectivity index (χ3n) is 4.73. The normalized spacial score (nSPS) is 17.1. The summed E-state index contributed by atoms with van der Waals surface area (Å²) >= 11 is 1.89. The molecule has 0 spiro atoms. The molecule has 1 aliphatic heterocycles. The molecule has 0 radical (unpaired) electrons. The number of ether oxygens (including phenoxy) is 2. The van der Waals surface area contributed by atoms with Gasteiger partial charge in [0.1, 0.15) is 18.0 Å². The van der Waals surface area contributed by atoms with Crippen molar-refractivity contribution in [2.45, 2.75) is 5.25 Å². The van der Waals surface area contributed by atoms with Crippen molar-refractivity contribution in [1.29, 1.82) is 0 Å². The number of aromatic nitrogens is 2. The van der Waals surface area contributed by atoms with Crippen LogP contribution in [-0.4, -0.2) is 43.0 Å². The van der Waals surface area contributed by atoms with Crippen LogP contribution in [0.15, 0.2) is 42.7 Å². The summed E-state index contributed by atoms with van der Waals surface area (Å²) < 4.78 is 24.1. The van der Waals surface area contributed by atoms with Crippen LogP contribution >= 0.6 is 11.8 Å². The number of hydrogen-bond acceptors (Lipinski definition) is 6. The van der Waals surface area contributed by atoms with E-state index < -0.39 is 0 Å². The van der Waals surface area contributed by atoms with Gasteiger partial charge in [0.15, 0.2) is 11.5 Å². The lowest BCUT2D eigenvalue weighted by molar-refractivity contribution is 0.356. The summed E-state index contributed by atoms with van der Waals surface area (Å²) in [6.07, 6.45) is 1.58. The van der Waals surface area contributed by atoms with Crippen molar-refractivity contribution >= 4 is 28.5 Å². The quantitative estimate of drug-likeness (QED) is 0.674. The second-order valence-electron chi connectivity index (χ2n) is 6.28. The zero-order valence-corrected chi connectivity index (χ0v) is 16.0. The molecule has 1 aliphatic rings. The Hall–Kier alpha value is -2.54. The number of hydrogen-bond donors (Lipinski definition) is 0. The molecule has 27 heavy (non-hydrogen) atoms. The van der Waals surface area contributed by atoms with Gasteiger partial charge in [-0.15, -0.1) is 0 Å². The van der Waals surface area contributed by atoms with Gasteiger partial charge in [0, 0.05) is 35.5 Å². The van der Waals surface area contributed by atoms with E-state index in [1.54, 1.807) is 20.5 Å². The van der Waals surface area contributed by atoms with Gasteiger partial charge in [0.05, 0.1) is 19.7 Å². The molecular weight excluding hydrogens is 365 g/mol. The van der Waals surface area contributed by atoms with Crippen molar-refractivity contribution in [2.75, 3.05) is 38.0 Å². The standard InChI is InChI=1S/C20H20FN3O2S/c1-25-17-9-15-16(10-18(17)26-2)22-12-23-20(15)24-7-8-27-19(11-24)13-3-5-14(21)6-4-13/h3-6,9-10,12,19H,7-8,11H2,1-2H3. The lowest BCUT2D eigenvalue weighted by Gasteiger charge is -2.34. The number of nitrogens with zero attached hydrogens (tertiary/aromatic N) is 3. The number of rotatable bonds is 4. The first-order valence-corrected chi connectivity index (χ1v) is 9.73. The van der Waals surface area contributed by atoms with Gasteiger partial charge in [-0.1, -0.05) is 12.1 Å². The van der Waals surface area contributed by atoms with Crippen molar-refractivity contribution < 1.29 is 13.9 Å². The van der Waals surface area contributed by atoms with Crippen molar-refractivity contribution in [3.8, 4) is 11.5 Å². The van der Waals surface area contributed by atoms with E-state index in [9.17, 15) is 4.39 Å². The lowest BCUT2D eigenvalue weighted by Crippen LogP contribution is -2.35. The first kappa shape index (κ1) is 17.9. The van der Waals surface area contributed by atoms with Crippen LogP contribution in [-0.2, 0) is 0 Å². The molecule has 1 unspecified atom stereocenters. The van der Waals surface area contributed by atoms with Gasteiger partial charge in [-0.3, -0.25) is 0 Å². The van der Waals surface area contributed by atoms with Crippen molar-refractivity contribution in [3.63, 3.8) is 0 Å². The van der Waals surface area contributed by atoms with Gasteiger partial charge in [-0.2, -0.15) is 11.8 Å². The summed E-state index contributed by atoms with van der Waals surface area (Å²) in [6, 6.07) is 10.6. The van der Waals surface area contributed by atoms with Crippen molar-refractivity contribution in [1.82, 2.24) is 9.97 Å². The van der Waals surface area contributed by atoms with Crippen LogP contribution in [0.3, 0.4) is 0 Å². The number of anilines is 1. The summed E-state index contributed by atoms with van der Waals surface area (Å²) in [5.74, 6) is 2.95. The molecule has 2 aromatic carbocycles. The van der Waals surface area contributed by atoms with Crippen LogP contribution in [0, 0.1) is 5.82 Å². The molecule has 1 atom stereocenters.